The minimum absolute atomic E-state index is 0.630. The van der Waals surface area contributed by atoms with Gasteiger partial charge < -0.3 is 0 Å². The van der Waals surface area contributed by atoms with Gasteiger partial charge in [0.15, 0.2) is 0 Å². The molecule has 0 radical (unpaired) electrons. The quantitative estimate of drug-likeness (QED) is 0.472. The fraction of sp³-hybridized carbons (Fsp3) is 0. The van der Waals surface area contributed by atoms with Crippen LogP contribution in [0.2, 0.25) is 0 Å². The predicted octanol–water partition coefficient (Wildman–Crippen LogP) is 1.52. The first-order valence-electron chi connectivity index (χ1n) is 2.04. The zero-order valence-electron chi connectivity index (χ0n) is 3.98. The molecule has 0 bridgehead atoms. The molecular weight excluding hydrogens is 215 g/mol. The van der Waals surface area contributed by atoms with E-state index in [0.717, 1.165) is 3.58 Å². The molecule has 0 spiro atoms. The van der Waals surface area contributed by atoms with Crippen molar-refractivity contribution < 1.29 is 0 Å². The first kappa shape index (κ1) is 5.72. The second-order valence-corrected chi connectivity index (χ2v) is 2.43. The summed E-state index contributed by atoms with van der Waals surface area (Å²) in [6.07, 6.45) is 3.51. The molecular formula is C5H3IN2. The summed E-state index contributed by atoms with van der Waals surface area (Å²) in [4.78, 5) is 3.83. The molecule has 1 aliphatic heterocycles. The van der Waals surface area contributed by atoms with Crippen molar-refractivity contribution in [2.75, 3.05) is 0 Å². The van der Waals surface area contributed by atoms with Crippen LogP contribution in [0.4, 0.5) is 0 Å². The molecule has 0 saturated carbocycles. The van der Waals surface area contributed by atoms with Gasteiger partial charge in [0, 0.05) is 15.7 Å². The molecule has 0 atom stereocenters. The Hall–Kier alpha value is -0.410. The molecule has 8 heavy (non-hydrogen) atoms. The smallest absolute Gasteiger partial charge is 0.137 e. The van der Waals surface area contributed by atoms with Gasteiger partial charge in [-0.2, -0.15) is 0 Å². The molecule has 2 nitrogen and oxygen atoms in total. The van der Waals surface area contributed by atoms with Crippen molar-refractivity contribution in [2.45, 2.75) is 0 Å². The number of aliphatic imine (C=N–C) groups is 1. The average molecular weight is 218 g/mol. The van der Waals surface area contributed by atoms with Crippen LogP contribution in [0.3, 0.4) is 0 Å². The van der Waals surface area contributed by atoms with E-state index < -0.39 is 0 Å². The van der Waals surface area contributed by atoms with Crippen molar-refractivity contribution in [1.82, 2.24) is 0 Å². The van der Waals surface area contributed by atoms with E-state index in [0.29, 0.717) is 5.70 Å². The van der Waals surface area contributed by atoms with Crippen molar-refractivity contribution in [3.8, 4) is 0 Å². The van der Waals surface area contributed by atoms with Gasteiger partial charge >= 0.3 is 0 Å². The van der Waals surface area contributed by atoms with Crippen LogP contribution in [-0.4, -0.2) is 12.1 Å². The number of rotatable bonds is 0. The lowest BCUT2D eigenvalue weighted by Crippen LogP contribution is -1.68. The molecule has 0 aromatic carbocycles. The molecule has 0 fully saturated rings. The number of halogens is 1. The van der Waals surface area contributed by atoms with Crippen LogP contribution in [0, 0.1) is 5.41 Å². The highest BCUT2D eigenvalue weighted by Gasteiger charge is 2.00. The lowest BCUT2D eigenvalue weighted by atomic mass is 10.5. The normalized spacial score (nSPS) is 16.1. The molecule has 3 heteroatoms. The summed E-state index contributed by atoms with van der Waals surface area (Å²) >= 11 is 2.11. The molecule has 0 amide bonds. The van der Waals surface area contributed by atoms with Crippen LogP contribution in [0.5, 0.6) is 0 Å². The van der Waals surface area contributed by atoms with Gasteiger partial charge in [-0.1, -0.05) is 0 Å². The lowest BCUT2D eigenvalue weighted by Gasteiger charge is -1.81. The highest BCUT2D eigenvalue weighted by Crippen LogP contribution is 2.18. The molecule has 0 aromatic heterocycles. The maximum absolute atomic E-state index is 6.68. The summed E-state index contributed by atoms with van der Waals surface area (Å²) < 4.78 is 0.984. The largest absolute Gasteiger partial charge is 0.257 e. The fourth-order valence-electron chi connectivity index (χ4n) is 0.410. The monoisotopic (exact) mass is 218 g/mol. The summed E-state index contributed by atoms with van der Waals surface area (Å²) in [5.41, 5.74) is 0.630. The van der Waals surface area contributed by atoms with E-state index in [2.05, 4.69) is 33.5 Å². The minimum Gasteiger partial charge on any atom is -0.257 e. The van der Waals surface area contributed by atoms with Crippen LogP contribution in [0.25, 0.3) is 0 Å². The van der Waals surface area contributed by atoms with Gasteiger partial charge in [0.25, 0.3) is 0 Å². The van der Waals surface area contributed by atoms with E-state index in [-0.39, 0.29) is 0 Å². The van der Waals surface area contributed by atoms with E-state index >= 15 is 0 Å². The Bertz CT molecular complexity index is 208. The van der Waals surface area contributed by atoms with E-state index in [1.807, 2.05) is 6.08 Å². The van der Waals surface area contributed by atoms with Gasteiger partial charge in [-0.25, -0.2) is 4.99 Å². The third-order valence-electron chi connectivity index (χ3n) is 0.769. The Labute approximate surface area is 60.7 Å². The van der Waals surface area contributed by atoms with Crippen molar-refractivity contribution in [3.63, 3.8) is 0 Å². The zero-order chi connectivity index (χ0) is 5.98. The highest BCUT2D eigenvalue weighted by molar-refractivity contribution is 14.1. The van der Waals surface area contributed by atoms with Gasteiger partial charge in [0.1, 0.15) is 5.70 Å². The molecule has 0 aliphatic carbocycles. The fourth-order valence-corrected chi connectivity index (χ4v) is 0.845. The standard InChI is InChI=1S/C5H3IN2/c6-4-1-2-8-5(4)3-7/h1-2,7H. The number of nitrogens with one attached hydrogen (secondary N) is 1. The van der Waals surface area contributed by atoms with Crippen LogP contribution >= 0.6 is 22.6 Å². The maximum Gasteiger partial charge on any atom is 0.137 e. The van der Waals surface area contributed by atoms with Crippen molar-refractivity contribution in [3.05, 3.63) is 15.4 Å². The predicted molar refractivity (Wildman–Crippen MR) is 41.8 cm³/mol. The number of nitrogens with zero attached hydrogens (tertiary/aromatic N) is 1. The van der Waals surface area contributed by atoms with Gasteiger partial charge in [-0.05, 0) is 28.7 Å². The molecule has 40 valence electrons. The molecule has 0 saturated heterocycles. The first-order chi connectivity index (χ1) is 3.84. The van der Waals surface area contributed by atoms with E-state index in [1.165, 1.54) is 0 Å². The topological polar surface area (TPSA) is 36.2 Å². The molecule has 1 rings (SSSR count). The van der Waals surface area contributed by atoms with Crippen LogP contribution in [-0.2, 0) is 0 Å². The van der Waals surface area contributed by atoms with E-state index in [1.54, 1.807) is 6.21 Å². The van der Waals surface area contributed by atoms with Crippen molar-refractivity contribution in [1.29, 1.82) is 5.41 Å². The van der Waals surface area contributed by atoms with E-state index in [4.69, 9.17) is 5.41 Å². The molecule has 1 aliphatic rings. The second-order valence-electron chi connectivity index (χ2n) is 1.27. The zero-order valence-corrected chi connectivity index (χ0v) is 6.14. The highest BCUT2D eigenvalue weighted by atomic mass is 127. The maximum atomic E-state index is 6.68. The van der Waals surface area contributed by atoms with Gasteiger partial charge in [0.05, 0.1) is 0 Å². The van der Waals surface area contributed by atoms with Crippen LogP contribution < -0.4 is 0 Å². The summed E-state index contributed by atoms with van der Waals surface area (Å²) in [6.45, 7) is 0. The Morgan fingerprint density at radius 2 is 2.50 bits per heavy atom. The Kier molecular flexibility index (Phi) is 1.60. The summed E-state index contributed by atoms with van der Waals surface area (Å²) in [6, 6.07) is 0. The molecule has 1 N–H and O–H groups in total. The third kappa shape index (κ3) is 0.877. The van der Waals surface area contributed by atoms with Crippen LogP contribution in [0.15, 0.2) is 20.3 Å². The SMILES string of the molecule is N=C=C1N=CC=C1I. The third-order valence-corrected chi connectivity index (χ3v) is 1.64. The molecule has 1 heterocycles. The number of allylic oxidation sites excluding steroid dienone is 2. The van der Waals surface area contributed by atoms with Gasteiger partial charge in [0.2, 0.25) is 0 Å². The van der Waals surface area contributed by atoms with Gasteiger partial charge in [-0.3, -0.25) is 5.41 Å². The van der Waals surface area contributed by atoms with Crippen molar-refractivity contribution in [2.24, 2.45) is 4.99 Å². The van der Waals surface area contributed by atoms with Crippen molar-refractivity contribution >= 4 is 34.7 Å². The number of hydrogen-bond donors (Lipinski definition) is 1. The minimum atomic E-state index is 0.630. The van der Waals surface area contributed by atoms with Gasteiger partial charge in [-0.15, -0.1) is 0 Å². The van der Waals surface area contributed by atoms with E-state index in [9.17, 15) is 0 Å². The molecule has 0 aromatic rings. The average Bonchev–Trinajstić information content (AvgIpc) is 2.14. The summed E-state index contributed by atoms with van der Waals surface area (Å²) in [5.74, 6) is 2.21. The summed E-state index contributed by atoms with van der Waals surface area (Å²) in [5, 5.41) is 6.68. The molecule has 0 unspecified atom stereocenters. The lowest BCUT2D eigenvalue weighted by molar-refractivity contribution is 1.48. The second kappa shape index (κ2) is 2.24. The number of hydrogen-bond acceptors (Lipinski definition) is 2. The Balaban J connectivity index is 3.05. The first-order valence-corrected chi connectivity index (χ1v) is 3.12. The summed E-state index contributed by atoms with van der Waals surface area (Å²) in [7, 11) is 0. The van der Waals surface area contributed by atoms with Crippen LogP contribution in [0.1, 0.15) is 0 Å². The Morgan fingerprint density at radius 1 is 1.75 bits per heavy atom. The Morgan fingerprint density at radius 3 is 2.75 bits per heavy atom.